The van der Waals surface area contributed by atoms with Gasteiger partial charge in [0.1, 0.15) is 0 Å². The molecule has 2 heteroatoms. The van der Waals surface area contributed by atoms with Crippen molar-refractivity contribution in [1.29, 1.82) is 0 Å². The molecule has 0 aliphatic heterocycles. The van der Waals surface area contributed by atoms with Gasteiger partial charge in [-0.05, 0) is 0 Å². The van der Waals surface area contributed by atoms with Crippen LogP contribution in [-0.4, -0.2) is 0 Å². The number of hydrogen-bond acceptors (Lipinski definition) is 0. The van der Waals surface area contributed by atoms with Crippen LogP contribution in [0.1, 0.15) is 20.8 Å². The molecule has 0 unspecified atom stereocenters. The molecule has 0 aromatic rings. The van der Waals surface area contributed by atoms with Gasteiger partial charge in [-0.1, -0.05) is 0 Å². The van der Waals surface area contributed by atoms with Crippen LogP contribution < -0.4 is 0 Å². The SMILES string of the molecule is C[C-](C)C.[Cl][Mn+]. The average molecular weight is 148 g/mol. The molecule has 0 fully saturated rings. The Morgan fingerprint density at radius 1 is 1.17 bits per heavy atom. The van der Waals surface area contributed by atoms with Crippen LogP contribution >= 0.6 is 10.1 Å². The van der Waals surface area contributed by atoms with Gasteiger partial charge in [-0.15, -0.1) is 0 Å². The first-order valence-electron chi connectivity index (χ1n) is 1.64. The van der Waals surface area contributed by atoms with Crippen molar-refractivity contribution in [3.05, 3.63) is 5.92 Å². The maximum absolute atomic E-state index is 4.45. The fourth-order valence-corrected chi connectivity index (χ4v) is 0. The molecule has 0 bridgehead atoms. The van der Waals surface area contributed by atoms with Gasteiger partial charge in [0.2, 0.25) is 0 Å². The molecule has 6 heavy (non-hydrogen) atoms. The molecule has 0 spiro atoms. The third-order valence-electron chi connectivity index (χ3n) is 0. The van der Waals surface area contributed by atoms with Crippen LogP contribution in [0.25, 0.3) is 0 Å². The standard InChI is InChI=1S/C4H9.ClH.Mn/c1-4(2)3;;/h1-3H3;1H;/q-1;;+2/p-1. The van der Waals surface area contributed by atoms with Crippen molar-refractivity contribution in [2.75, 3.05) is 0 Å². The Labute approximate surface area is 52.3 Å². The Bertz CT molecular complexity index is 12.3. The van der Waals surface area contributed by atoms with Crippen molar-refractivity contribution in [3.63, 3.8) is 0 Å². The second-order valence-corrected chi connectivity index (χ2v) is 1.50. The second kappa shape index (κ2) is 9.26. The summed E-state index contributed by atoms with van der Waals surface area (Å²) >= 11 is 2.41. The summed E-state index contributed by atoms with van der Waals surface area (Å²) in [7, 11) is 4.45. The van der Waals surface area contributed by atoms with Crippen LogP contribution in [0.4, 0.5) is 0 Å². The summed E-state index contributed by atoms with van der Waals surface area (Å²) in [5.41, 5.74) is 0. The quantitative estimate of drug-likeness (QED) is 0.364. The Kier molecular flexibility index (Phi) is 15.3. The van der Waals surface area contributed by atoms with Gasteiger partial charge in [0.25, 0.3) is 0 Å². The van der Waals surface area contributed by atoms with Crippen LogP contribution in [0, 0.1) is 5.92 Å². The molecular formula is C4H9ClMn. The van der Waals surface area contributed by atoms with Crippen LogP contribution in [0.5, 0.6) is 0 Å². The second-order valence-electron chi connectivity index (χ2n) is 1.50. The van der Waals surface area contributed by atoms with Gasteiger partial charge in [-0.3, -0.25) is 0 Å². The summed E-state index contributed by atoms with van der Waals surface area (Å²) in [6.07, 6.45) is 0. The van der Waals surface area contributed by atoms with Crippen molar-refractivity contribution < 1.29 is 15.1 Å². The molecule has 0 atom stereocenters. The van der Waals surface area contributed by atoms with Gasteiger partial charge in [-0.25, -0.2) is 0 Å². The Morgan fingerprint density at radius 3 is 1.17 bits per heavy atom. The van der Waals surface area contributed by atoms with E-state index in [4.69, 9.17) is 0 Å². The van der Waals surface area contributed by atoms with Gasteiger partial charge in [0, 0.05) is 0 Å². The summed E-state index contributed by atoms with van der Waals surface area (Å²) in [5, 5.41) is 0. The first kappa shape index (κ1) is 9.94. The van der Waals surface area contributed by atoms with Crippen molar-refractivity contribution in [1.82, 2.24) is 0 Å². The van der Waals surface area contributed by atoms with E-state index in [1.54, 1.807) is 0 Å². The molecule has 0 aromatic carbocycles. The van der Waals surface area contributed by atoms with Crippen molar-refractivity contribution in [3.8, 4) is 0 Å². The predicted molar refractivity (Wildman–Crippen MR) is 26.1 cm³/mol. The van der Waals surface area contributed by atoms with Crippen LogP contribution in [-0.2, 0) is 15.1 Å². The van der Waals surface area contributed by atoms with E-state index in [0.29, 0.717) is 0 Å². The van der Waals surface area contributed by atoms with Crippen molar-refractivity contribution in [2.45, 2.75) is 20.8 Å². The molecular weight excluding hydrogens is 138 g/mol. The van der Waals surface area contributed by atoms with E-state index in [1.165, 1.54) is 5.92 Å². The van der Waals surface area contributed by atoms with E-state index in [2.05, 4.69) is 46.0 Å². The maximum atomic E-state index is 4.45. The third-order valence-corrected chi connectivity index (χ3v) is 0. The monoisotopic (exact) mass is 147 g/mol. The van der Waals surface area contributed by atoms with Crippen LogP contribution in [0.3, 0.4) is 0 Å². The normalized spacial score (nSPS) is 6.83. The van der Waals surface area contributed by atoms with E-state index in [-0.39, 0.29) is 0 Å². The summed E-state index contributed by atoms with van der Waals surface area (Å²) in [4.78, 5) is 0. The number of hydrogen-bond donors (Lipinski definition) is 0. The van der Waals surface area contributed by atoms with E-state index in [0.717, 1.165) is 0 Å². The van der Waals surface area contributed by atoms with E-state index < -0.39 is 0 Å². The van der Waals surface area contributed by atoms with E-state index in [9.17, 15) is 0 Å². The average Bonchev–Trinajstić information content (AvgIpc) is 1.41. The molecule has 0 N–H and O–H groups in total. The summed E-state index contributed by atoms with van der Waals surface area (Å²) < 4.78 is 0. The predicted octanol–water partition coefficient (Wildman–Crippen LogP) is 2.31. The molecule has 0 aromatic heterocycles. The van der Waals surface area contributed by atoms with Crippen LogP contribution in [0.2, 0.25) is 0 Å². The zero-order chi connectivity index (χ0) is 5.58. The van der Waals surface area contributed by atoms with Crippen molar-refractivity contribution in [2.24, 2.45) is 0 Å². The fraction of sp³-hybridized carbons (Fsp3) is 0.750. The molecule has 0 aliphatic carbocycles. The first-order chi connectivity index (χ1) is 2.73. The summed E-state index contributed by atoms with van der Waals surface area (Å²) in [6.45, 7) is 6.25. The molecule has 0 aliphatic rings. The van der Waals surface area contributed by atoms with E-state index in [1.807, 2.05) is 0 Å². The molecule has 0 saturated heterocycles. The Hall–Kier alpha value is 0.809. The molecule has 0 amide bonds. The van der Waals surface area contributed by atoms with E-state index >= 15 is 0 Å². The fourth-order valence-electron chi connectivity index (χ4n) is 0. The van der Waals surface area contributed by atoms with Gasteiger partial charge >= 0.3 is 25.2 Å². The van der Waals surface area contributed by atoms with Gasteiger partial charge in [0.05, 0.1) is 0 Å². The third kappa shape index (κ3) is 107. The molecule has 0 saturated carbocycles. The molecule has 39 valence electrons. The van der Waals surface area contributed by atoms with Gasteiger partial charge in [-0.2, -0.15) is 20.8 Å². The van der Waals surface area contributed by atoms with Gasteiger partial charge < -0.3 is 5.92 Å². The first-order valence-corrected chi connectivity index (χ1v) is 3.27. The summed E-state index contributed by atoms with van der Waals surface area (Å²) in [6, 6.07) is 0. The molecule has 0 radical (unpaired) electrons. The van der Waals surface area contributed by atoms with Gasteiger partial charge in [0.15, 0.2) is 0 Å². The van der Waals surface area contributed by atoms with Crippen LogP contribution in [0.15, 0.2) is 0 Å². The minimum absolute atomic E-state index is 1.42. The minimum atomic E-state index is 1.42. The Balaban J connectivity index is 0. The zero-order valence-corrected chi connectivity index (χ0v) is 6.19. The topological polar surface area (TPSA) is 0 Å². The molecule has 0 rings (SSSR count). The summed E-state index contributed by atoms with van der Waals surface area (Å²) in [5.74, 6) is 1.42. The zero-order valence-electron chi connectivity index (χ0n) is 4.26. The molecule has 0 heterocycles. The molecule has 0 nitrogen and oxygen atoms in total. The number of rotatable bonds is 0. The van der Waals surface area contributed by atoms with Crippen molar-refractivity contribution >= 4 is 10.1 Å². The number of halogens is 1. The Morgan fingerprint density at radius 2 is 1.17 bits per heavy atom.